The summed E-state index contributed by atoms with van der Waals surface area (Å²) in [6, 6.07) is 21.0. The lowest BCUT2D eigenvalue weighted by Gasteiger charge is -2.27. The molecule has 0 radical (unpaired) electrons. The highest BCUT2D eigenvalue weighted by Crippen LogP contribution is 2.44. The first-order chi connectivity index (χ1) is 15.0. The van der Waals surface area contributed by atoms with Gasteiger partial charge < -0.3 is 19.9 Å². The van der Waals surface area contributed by atoms with Crippen molar-refractivity contribution in [3.05, 3.63) is 99.9 Å². The second-order valence-corrected chi connectivity index (χ2v) is 7.24. The molecule has 0 saturated heterocycles. The maximum atomic E-state index is 12.4. The molecule has 0 aromatic heterocycles. The Morgan fingerprint density at radius 1 is 1.10 bits per heavy atom. The van der Waals surface area contributed by atoms with Gasteiger partial charge in [0.05, 0.1) is 18.6 Å². The molecule has 0 aliphatic carbocycles. The van der Waals surface area contributed by atoms with Gasteiger partial charge in [0.2, 0.25) is 5.88 Å². The maximum absolute atomic E-state index is 12.4. The first kappa shape index (κ1) is 20.3. The molecule has 0 saturated carbocycles. The average Bonchev–Trinajstić information content (AvgIpc) is 2.78. The summed E-state index contributed by atoms with van der Waals surface area (Å²) in [5.41, 5.74) is 8.21. The predicted octanol–water partition coefficient (Wildman–Crippen LogP) is 4.79. The Kier molecular flexibility index (Phi) is 5.52. The van der Waals surface area contributed by atoms with Gasteiger partial charge in [-0.2, -0.15) is 5.26 Å². The van der Waals surface area contributed by atoms with Crippen LogP contribution in [0.3, 0.4) is 0 Å². The van der Waals surface area contributed by atoms with Crippen LogP contribution >= 0.6 is 11.6 Å². The molecule has 2 N–H and O–H groups in total. The minimum atomic E-state index is -0.552. The fourth-order valence-corrected chi connectivity index (χ4v) is 3.63. The van der Waals surface area contributed by atoms with Gasteiger partial charge in [-0.25, -0.2) is 4.79 Å². The van der Waals surface area contributed by atoms with E-state index in [1.54, 1.807) is 43.5 Å². The van der Waals surface area contributed by atoms with Crippen molar-refractivity contribution in [2.45, 2.75) is 5.92 Å². The summed E-state index contributed by atoms with van der Waals surface area (Å²) in [7, 11) is 1.58. The third-order valence-electron chi connectivity index (χ3n) is 4.89. The van der Waals surface area contributed by atoms with Crippen LogP contribution in [0.4, 0.5) is 0 Å². The van der Waals surface area contributed by atoms with Crippen molar-refractivity contribution in [1.82, 2.24) is 0 Å². The number of halogens is 1. The topological polar surface area (TPSA) is 94.6 Å². The zero-order valence-corrected chi connectivity index (χ0v) is 17.2. The number of hydrogen-bond acceptors (Lipinski definition) is 6. The monoisotopic (exact) mass is 432 g/mol. The Hall–Kier alpha value is -3.95. The molecule has 0 bridgehead atoms. The smallest absolute Gasteiger partial charge is 0.343 e. The highest BCUT2D eigenvalue weighted by Gasteiger charge is 2.31. The van der Waals surface area contributed by atoms with Crippen molar-refractivity contribution in [3.63, 3.8) is 0 Å². The van der Waals surface area contributed by atoms with Crippen molar-refractivity contribution >= 4 is 17.6 Å². The molecule has 6 nitrogen and oxygen atoms in total. The van der Waals surface area contributed by atoms with Crippen LogP contribution < -0.4 is 19.9 Å². The standard InChI is InChI=1S/C24H17ClN2O4/c1-29-17-7-3-4-14(11-17)22-19-9-8-18(12-21(19)31-23(27)20(22)13-26)30-24(28)15-5-2-6-16(25)10-15/h2-12,22H,27H2,1H3. The second kappa shape index (κ2) is 8.42. The number of nitrogens with zero attached hydrogens (tertiary/aromatic N) is 1. The van der Waals surface area contributed by atoms with Crippen LogP contribution in [0.1, 0.15) is 27.4 Å². The zero-order chi connectivity index (χ0) is 22.0. The van der Waals surface area contributed by atoms with Crippen LogP contribution in [0.15, 0.2) is 78.2 Å². The van der Waals surface area contributed by atoms with E-state index >= 15 is 0 Å². The first-order valence-corrected chi connectivity index (χ1v) is 9.71. The molecular weight excluding hydrogens is 416 g/mol. The highest BCUT2D eigenvalue weighted by molar-refractivity contribution is 6.30. The van der Waals surface area contributed by atoms with Gasteiger partial charge in [0.15, 0.2) is 0 Å². The van der Waals surface area contributed by atoms with Crippen molar-refractivity contribution < 1.29 is 19.0 Å². The number of methoxy groups -OCH3 is 1. The molecule has 0 fully saturated rings. The molecule has 0 spiro atoms. The third-order valence-corrected chi connectivity index (χ3v) is 5.12. The van der Waals surface area contributed by atoms with Gasteiger partial charge >= 0.3 is 5.97 Å². The molecule has 1 heterocycles. The Bertz CT molecular complexity index is 1250. The summed E-state index contributed by atoms with van der Waals surface area (Å²) in [6.45, 7) is 0. The van der Waals surface area contributed by atoms with E-state index in [2.05, 4.69) is 6.07 Å². The van der Waals surface area contributed by atoms with E-state index < -0.39 is 11.9 Å². The number of nitrogens with two attached hydrogens (primary N) is 1. The summed E-state index contributed by atoms with van der Waals surface area (Å²) in [5.74, 6) is 0.349. The zero-order valence-electron chi connectivity index (χ0n) is 16.5. The van der Waals surface area contributed by atoms with Crippen LogP contribution in [-0.4, -0.2) is 13.1 Å². The lowest BCUT2D eigenvalue weighted by atomic mass is 9.83. The van der Waals surface area contributed by atoms with E-state index in [0.717, 1.165) is 11.1 Å². The Morgan fingerprint density at radius 3 is 2.65 bits per heavy atom. The number of fused-ring (bicyclic) bond motifs is 1. The molecule has 1 unspecified atom stereocenters. The van der Waals surface area contributed by atoms with Crippen LogP contribution in [-0.2, 0) is 0 Å². The predicted molar refractivity (Wildman–Crippen MR) is 115 cm³/mol. The van der Waals surface area contributed by atoms with E-state index in [0.29, 0.717) is 27.7 Å². The van der Waals surface area contributed by atoms with E-state index in [-0.39, 0.29) is 11.6 Å². The minimum Gasteiger partial charge on any atom is -0.497 e. The molecule has 0 amide bonds. The average molecular weight is 433 g/mol. The molecule has 31 heavy (non-hydrogen) atoms. The number of ether oxygens (including phenoxy) is 3. The number of allylic oxidation sites excluding steroid dienone is 1. The SMILES string of the molecule is COc1cccc(C2C(C#N)=C(N)Oc3cc(OC(=O)c4cccc(Cl)c4)ccc32)c1. The fourth-order valence-electron chi connectivity index (χ4n) is 3.44. The van der Waals surface area contributed by atoms with Gasteiger partial charge in [0.25, 0.3) is 0 Å². The fraction of sp³-hybridized carbons (Fsp3) is 0.0833. The number of rotatable bonds is 4. The molecule has 3 aromatic rings. The van der Waals surface area contributed by atoms with Crippen LogP contribution in [0.25, 0.3) is 0 Å². The lowest BCUT2D eigenvalue weighted by Crippen LogP contribution is -2.21. The number of benzene rings is 3. The highest BCUT2D eigenvalue weighted by atomic mass is 35.5. The quantitative estimate of drug-likeness (QED) is 0.470. The van der Waals surface area contributed by atoms with E-state index in [1.165, 1.54) is 6.07 Å². The lowest BCUT2D eigenvalue weighted by molar-refractivity contribution is 0.0734. The minimum absolute atomic E-state index is 0.00105. The van der Waals surface area contributed by atoms with E-state index in [9.17, 15) is 10.1 Å². The summed E-state index contributed by atoms with van der Waals surface area (Å²) < 4.78 is 16.5. The van der Waals surface area contributed by atoms with Crippen LogP contribution in [0.5, 0.6) is 17.2 Å². The van der Waals surface area contributed by atoms with Gasteiger partial charge in [0.1, 0.15) is 28.9 Å². The number of carbonyl (C=O) groups is 1. The largest absolute Gasteiger partial charge is 0.497 e. The first-order valence-electron chi connectivity index (χ1n) is 9.33. The number of carbonyl (C=O) groups excluding carboxylic acids is 1. The van der Waals surface area contributed by atoms with E-state index in [1.807, 2.05) is 24.3 Å². The second-order valence-electron chi connectivity index (χ2n) is 6.80. The van der Waals surface area contributed by atoms with Crippen molar-refractivity contribution in [2.24, 2.45) is 5.73 Å². The number of nitriles is 1. The van der Waals surface area contributed by atoms with Crippen molar-refractivity contribution in [2.75, 3.05) is 7.11 Å². The van der Waals surface area contributed by atoms with Gasteiger partial charge in [-0.3, -0.25) is 0 Å². The summed E-state index contributed by atoms with van der Waals surface area (Å²) in [5, 5.41) is 10.1. The summed E-state index contributed by atoms with van der Waals surface area (Å²) in [4.78, 5) is 12.4. The molecule has 154 valence electrons. The molecule has 1 atom stereocenters. The van der Waals surface area contributed by atoms with Gasteiger partial charge in [-0.1, -0.05) is 35.9 Å². The Morgan fingerprint density at radius 2 is 1.90 bits per heavy atom. The summed E-state index contributed by atoms with van der Waals surface area (Å²) >= 11 is 5.94. The van der Waals surface area contributed by atoms with Crippen LogP contribution in [0, 0.1) is 11.3 Å². The molecule has 4 rings (SSSR count). The van der Waals surface area contributed by atoms with Crippen molar-refractivity contribution in [1.29, 1.82) is 5.26 Å². The molecule has 7 heteroatoms. The molecule has 3 aromatic carbocycles. The third kappa shape index (κ3) is 4.04. The number of esters is 1. The molecule has 1 aliphatic rings. The maximum Gasteiger partial charge on any atom is 0.343 e. The molecule has 1 aliphatic heterocycles. The normalized spacial score (nSPS) is 14.8. The Labute approximate surface area is 184 Å². The van der Waals surface area contributed by atoms with Gasteiger partial charge in [-0.05, 0) is 42.0 Å². The van der Waals surface area contributed by atoms with E-state index in [4.69, 9.17) is 31.5 Å². The number of hydrogen-bond donors (Lipinski definition) is 1. The van der Waals surface area contributed by atoms with Crippen LogP contribution in [0.2, 0.25) is 5.02 Å². The van der Waals surface area contributed by atoms with Crippen molar-refractivity contribution in [3.8, 4) is 23.3 Å². The van der Waals surface area contributed by atoms with Gasteiger partial charge in [0, 0.05) is 16.7 Å². The summed E-state index contributed by atoms with van der Waals surface area (Å²) in [6.07, 6.45) is 0. The molecular formula is C24H17ClN2O4. The van der Waals surface area contributed by atoms with Gasteiger partial charge in [-0.15, -0.1) is 0 Å². The Balaban J connectivity index is 1.70.